The van der Waals surface area contributed by atoms with Crippen LogP contribution in [0.1, 0.15) is 12.8 Å². The van der Waals surface area contributed by atoms with Crippen molar-refractivity contribution in [3.8, 4) is 0 Å². The average molecular weight is 289 g/mol. The van der Waals surface area contributed by atoms with Gasteiger partial charge in [-0.05, 0) is 32.4 Å². The molecule has 110 valence electrons. The van der Waals surface area contributed by atoms with Crippen molar-refractivity contribution in [1.29, 1.82) is 0 Å². The number of nitrogens with one attached hydrogen (secondary N) is 1. The number of nitrogens with zero attached hydrogens (tertiary/aromatic N) is 2. The minimum absolute atomic E-state index is 0.0559. The van der Waals surface area contributed by atoms with Gasteiger partial charge in [-0.15, -0.1) is 0 Å². The Morgan fingerprint density at radius 2 is 2.05 bits per heavy atom. The largest absolute Gasteiger partial charge is 0.338 e. The van der Waals surface area contributed by atoms with Crippen LogP contribution in [-0.4, -0.2) is 75.5 Å². The Bertz CT molecular complexity index is 424. The second kappa shape index (κ2) is 6.09. The predicted octanol–water partition coefficient (Wildman–Crippen LogP) is -0.232. The van der Waals surface area contributed by atoms with E-state index < -0.39 is 9.84 Å². The molecule has 0 aliphatic carbocycles. The van der Waals surface area contributed by atoms with Crippen LogP contribution in [-0.2, 0) is 9.84 Å². The molecule has 6 nitrogen and oxygen atoms in total. The van der Waals surface area contributed by atoms with E-state index in [0.717, 1.165) is 32.6 Å². The second-order valence-corrected chi connectivity index (χ2v) is 7.83. The van der Waals surface area contributed by atoms with Gasteiger partial charge in [-0.1, -0.05) is 0 Å². The molecule has 1 N–H and O–H groups in total. The zero-order valence-corrected chi connectivity index (χ0v) is 12.3. The molecule has 7 heteroatoms. The molecule has 2 rings (SSSR count). The molecule has 19 heavy (non-hydrogen) atoms. The third-order valence-electron chi connectivity index (χ3n) is 3.88. The van der Waals surface area contributed by atoms with Crippen LogP contribution in [0, 0.1) is 5.92 Å². The first-order valence-electron chi connectivity index (χ1n) is 6.88. The SMILES string of the molecule is CN1CCCN(C(=O)NC[C@@H]2CCS(=O)(=O)C2)CC1. The first-order valence-corrected chi connectivity index (χ1v) is 8.70. The zero-order valence-electron chi connectivity index (χ0n) is 11.5. The van der Waals surface area contributed by atoms with Crippen LogP contribution >= 0.6 is 0 Å². The maximum atomic E-state index is 12.0. The molecule has 2 amide bonds. The van der Waals surface area contributed by atoms with Crippen molar-refractivity contribution in [3.05, 3.63) is 0 Å². The number of urea groups is 1. The fraction of sp³-hybridized carbons (Fsp3) is 0.917. The molecule has 2 heterocycles. The van der Waals surface area contributed by atoms with Crippen LogP contribution in [0.4, 0.5) is 4.79 Å². The number of sulfone groups is 1. The Morgan fingerprint density at radius 1 is 1.26 bits per heavy atom. The molecule has 0 aromatic carbocycles. The number of rotatable bonds is 2. The molecule has 0 aromatic rings. The van der Waals surface area contributed by atoms with Crippen molar-refractivity contribution in [3.63, 3.8) is 0 Å². The summed E-state index contributed by atoms with van der Waals surface area (Å²) in [6.07, 6.45) is 1.66. The molecule has 0 spiro atoms. The summed E-state index contributed by atoms with van der Waals surface area (Å²) in [6, 6.07) is -0.0559. The third kappa shape index (κ3) is 4.35. The van der Waals surface area contributed by atoms with Gasteiger partial charge in [0.25, 0.3) is 0 Å². The molecular formula is C12H23N3O3S. The third-order valence-corrected chi connectivity index (χ3v) is 5.71. The van der Waals surface area contributed by atoms with Gasteiger partial charge in [0.05, 0.1) is 11.5 Å². The Labute approximate surface area is 115 Å². The van der Waals surface area contributed by atoms with Gasteiger partial charge in [-0.3, -0.25) is 0 Å². The Balaban J connectivity index is 1.75. The number of amides is 2. The first kappa shape index (κ1) is 14.6. The van der Waals surface area contributed by atoms with Crippen LogP contribution in [0.15, 0.2) is 0 Å². The number of hydrogen-bond acceptors (Lipinski definition) is 4. The highest BCUT2D eigenvalue weighted by molar-refractivity contribution is 7.91. The molecule has 2 saturated heterocycles. The van der Waals surface area contributed by atoms with Gasteiger partial charge in [0.15, 0.2) is 9.84 Å². The summed E-state index contributed by atoms with van der Waals surface area (Å²) in [7, 11) is -0.793. The lowest BCUT2D eigenvalue weighted by Crippen LogP contribution is -2.43. The van der Waals surface area contributed by atoms with Crippen molar-refractivity contribution < 1.29 is 13.2 Å². The molecule has 1 atom stereocenters. The van der Waals surface area contributed by atoms with Crippen molar-refractivity contribution in [1.82, 2.24) is 15.1 Å². The Kier molecular flexibility index (Phi) is 4.67. The van der Waals surface area contributed by atoms with E-state index in [1.807, 2.05) is 4.90 Å². The monoisotopic (exact) mass is 289 g/mol. The fourth-order valence-electron chi connectivity index (χ4n) is 2.63. The van der Waals surface area contributed by atoms with Gasteiger partial charge >= 0.3 is 6.03 Å². The molecular weight excluding hydrogens is 266 g/mol. The van der Waals surface area contributed by atoms with Gasteiger partial charge < -0.3 is 15.1 Å². The second-order valence-electron chi connectivity index (χ2n) is 5.60. The van der Waals surface area contributed by atoms with E-state index in [4.69, 9.17) is 0 Å². The normalized spacial score (nSPS) is 28.1. The lowest BCUT2D eigenvalue weighted by molar-refractivity contribution is 0.198. The summed E-state index contributed by atoms with van der Waals surface area (Å²) in [4.78, 5) is 16.1. The molecule has 2 fully saturated rings. The Morgan fingerprint density at radius 3 is 2.74 bits per heavy atom. The minimum Gasteiger partial charge on any atom is -0.338 e. The lowest BCUT2D eigenvalue weighted by Gasteiger charge is -2.22. The van der Waals surface area contributed by atoms with Crippen LogP contribution in [0.2, 0.25) is 0 Å². The summed E-state index contributed by atoms with van der Waals surface area (Å²) in [5.41, 5.74) is 0. The van der Waals surface area contributed by atoms with E-state index >= 15 is 0 Å². The van der Waals surface area contributed by atoms with Gasteiger partial charge in [0, 0.05) is 26.2 Å². The topological polar surface area (TPSA) is 69.7 Å². The molecule has 2 aliphatic heterocycles. The smallest absolute Gasteiger partial charge is 0.317 e. The predicted molar refractivity (Wildman–Crippen MR) is 73.8 cm³/mol. The van der Waals surface area contributed by atoms with E-state index in [0.29, 0.717) is 13.0 Å². The number of hydrogen-bond donors (Lipinski definition) is 1. The molecule has 2 aliphatic rings. The average Bonchev–Trinajstić information content (AvgIpc) is 2.56. The van der Waals surface area contributed by atoms with Crippen LogP contribution in [0.25, 0.3) is 0 Å². The first-order chi connectivity index (χ1) is 8.96. The van der Waals surface area contributed by atoms with E-state index in [9.17, 15) is 13.2 Å². The van der Waals surface area contributed by atoms with Crippen molar-refractivity contribution in [2.45, 2.75) is 12.8 Å². The summed E-state index contributed by atoms with van der Waals surface area (Å²) in [6.45, 7) is 3.91. The van der Waals surface area contributed by atoms with E-state index in [2.05, 4.69) is 17.3 Å². The van der Waals surface area contributed by atoms with Crippen molar-refractivity contribution in [2.75, 3.05) is 51.3 Å². The van der Waals surface area contributed by atoms with Gasteiger partial charge in [0.1, 0.15) is 0 Å². The summed E-state index contributed by atoms with van der Waals surface area (Å²) >= 11 is 0. The highest BCUT2D eigenvalue weighted by Gasteiger charge is 2.28. The van der Waals surface area contributed by atoms with Crippen LogP contribution in [0.3, 0.4) is 0 Å². The zero-order chi connectivity index (χ0) is 13.9. The Hall–Kier alpha value is -0.820. The lowest BCUT2D eigenvalue weighted by atomic mass is 10.1. The number of likely N-dealkylation sites (N-methyl/N-ethyl adjacent to an activating group) is 1. The van der Waals surface area contributed by atoms with Gasteiger partial charge in [0.2, 0.25) is 0 Å². The molecule has 0 unspecified atom stereocenters. The summed E-state index contributed by atoms with van der Waals surface area (Å²) in [5, 5.41) is 2.88. The van der Waals surface area contributed by atoms with E-state index in [1.54, 1.807) is 0 Å². The highest BCUT2D eigenvalue weighted by atomic mass is 32.2. The van der Waals surface area contributed by atoms with Crippen molar-refractivity contribution >= 4 is 15.9 Å². The fourth-order valence-corrected chi connectivity index (χ4v) is 4.49. The number of carbonyl (C=O) groups is 1. The molecule has 0 bridgehead atoms. The van der Waals surface area contributed by atoms with Gasteiger partial charge in [-0.25, -0.2) is 13.2 Å². The molecule has 0 radical (unpaired) electrons. The van der Waals surface area contributed by atoms with Crippen LogP contribution in [0.5, 0.6) is 0 Å². The maximum absolute atomic E-state index is 12.0. The van der Waals surface area contributed by atoms with Gasteiger partial charge in [-0.2, -0.15) is 0 Å². The van der Waals surface area contributed by atoms with E-state index in [-0.39, 0.29) is 23.5 Å². The van der Waals surface area contributed by atoms with Crippen molar-refractivity contribution in [2.24, 2.45) is 5.92 Å². The van der Waals surface area contributed by atoms with Crippen LogP contribution < -0.4 is 5.32 Å². The van der Waals surface area contributed by atoms with E-state index in [1.165, 1.54) is 0 Å². The standard InChI is InChI=1S/C12H23N3O3S/c1-14-4-2-5-15(7-6-14)12(16)13-9-11-3-8-19(17,18)10-11/h11H,2-10H2,1H3,(H,13,16)/t11-/m0/s1. The quantitative estimate of drug-likeness (QED) is 0.762. The summed E-state index contributed by atoms with van der Waals surface area (Å²) in [5.74, 6) is 0.571. The summed E-state index contributed by atoms with van der Waals surface area (Å²) < 4.78 is 22.7. The maximum Gasteiger partial charge on any atom is 0.317 e. The highest BCUT2D eigenvalue weighted by Crippen LogP contribution is 2.17. The molecule has 0 aromatic heterocycles. The minimum atomic E-state index is -2.85. The molecule has 0 saturated carbocycles. The number of carbonyl (C=O) groups excluding carboxylic acids is 1.